The first-order chi connectivity index (χ1) is 14.2. The van der Waals surface area contributed by atoms with Crippen LogP contribution in [0.3, 0.4) is 0 Å². The SMILES string of the molecule is O=C(Nc1ccc(F)c2c1C[C@H](O)C2)N[C@@H]1CCOc2cc(OC(F)(F)F)ccc21. The quantitative estimate of drug-likeness (QED) is 0.652. The zero-order chi connectivity index (χ0) is 21.5. The molecule has 0 unspecified atom stereocenters. The molecule has 2 aromatic carbocycles. The molecule has 2 aliphatic rings. The first kappa shape index (κ1) is 20.3. The molecule has 0 bridgehead atoms. The van der Waals surface area contributed by atoms with Gasteiger partial charge in [0.05, 0.1) is 18.8 Å². The van der Waals surface area contributed by atoms with E-state index in [1.165, 1.54) is 18.2 Å². The van der Waals surface area contributed by atoms with Gasteiger partial charge in [0.15, 0.2) is 0 Å². The number of aliphatic hydroxyl groups excluding tert-OH is 1. The van der Waals surface area contributed by atoms with Gasteiger partial charge in [-0.05, 0) is 35.4 Å². The van der Waals surface area contributed by atoms with Crippen molar-refractivity contribution in [2.24, 2.45) is 0 Å². The predicted molar refractivity (Wildman–Crippen MR) is 97.9 cm³/mol. The van der Waals surface area contributed by atoms with Crippen LogP contribution in [-0.4, -0.2) is 30.2 Å². The van der Waals surface area contributed by atoms with E-state index in [1.54, 1.807) is 0 Å². The van der Waals surface area contributed by atoms with Crippen LogP contribution in [0.4, 0.5) is 28.0 Å². The number of alkyl halides is 3. The number of nitrogens with one attached hydrogen (secondary N) is 2. The fourth-order valence-corrected chi connectivity index (χ4v) is 3.81. The van der Waals surface area contributed by atoms with Crippen molar-refractivity contribution in [2.45, 2.75) is 37.8 Å². The van der Waals surface area contributed by atoms with Gasteiger partial charge in [-0.25, -0.2) is 9.18 Å². The Labute approximate surface area is 168 Å². The number of benzene rings is 2. The van der Waals surface area contributed by atoms with E-state index >= 15 is 0 Å². The minimum atomic E-state index is -4.82. The van der Waals surface area contributed by atoms with Gasteiger partial charge in [0.2, 0.25) is 0 Å². The van der Waals surface area contributed by atoms with Gasteiger partial charge in [0.25, 0.3) is 0 Å². The zero-order valence-corrected chi connectivity index (χ0v) is 15.6. The van der Waals surface area contributed by atoms with Crippen molar-refractivity contribution >= 4 is 11.7 Å². The maximum Gasteiger partial charge on any atom is 0.573 e. The molecule has 1 heterocycles. The molecule has 0 saturated heterocycles. The van der Waals surface area contributed by atoms with Crippen molar-refractivity contribution in [1.29, 1.82) is 0 Å². The molecule has 160 valence electrons. The van der Waals surface area contributed by atoms with E-state index in [-0.39, 0.29) is 25.2 Å². The van der Waals surface area contributed by atoms with E-state index < -0.39 is 36.1 Å². The Morgan fingerprint density at radius 3 is 2.70 bits per heavy atom. The Bertz CT molecular complexity index is 980. The molecule has 3 N–H and O–H groups in total. The topological polar surface area (TPSA) is 79.8 Å². The highest BCUT2D eigenvalue weighted by atomic mass is 19.4. The third kappa shape index (κ3) is 4.28. The van der Waals surface area contributed by atoms with Crippen LogP contribution < -0.4 is 20.1 Å². The average molecular weight is 426 g/mol. The van der Waals surface area contributed by atoms with Crippen LogP contribution in [0.2, 0.25) is 0 Å². The molecule has 0 saturated carbocycles. The highest BCUT2D eigenvalue weighted by Gasteiger charge is 2.32. The minimum Gasteiger partial charge on any atom is -0.493 e. The molecule has 2 amide bonds. The Morgan fingerprint density at radius 2 is 1.93 bits per heavy atom. The second-order valence-electron chi connectivity index (χ2n) is 7.15. The summed E-state index contributed by atoms with van der Waals surface area (Å²) in [6.45, 7) is 0.200. The number of aliphatic hydroxyl groups is 1. The smallest absolute Gasteiger partial charge is 0.493 e. The molecule has 0 fully saturated rings. The number of hydrogen-bond acceptors (Lipinski definition) is 4. The second kappa shape index (κ2) is 7.67. The number of urea groups is 1. The lowest BCUT2D eigenvalue weighted by atomic mass is 10.0. The van der Waals surface area contributed by atoms with E-state index in [1.807, 2.05) is 0 Å². The van der Waals surface area contributed by atoms with Gasteiger partial charge < -0.3 is 25.2 Å². The van der Waals surface area contributed by atoms with Gasteiger partial charge in [-0.3, -0.25) is 0 Å². The van der Waals surface area contributed by atoms with Crippen LogP contribution >= 0.6 is 0 Å². The fraction of sp³-hybridized carbons (Fsp3) is 0.350. The molecule has 0 aromatic heterocycles. The number of hydrogen-bond donors (Lipinski definition) is 3. The Kier molecular flexibility index (Phi) is 5.19. The van der Waals surface area contributed by atoms with Crippen LogP contribution in [0.1, 0.15) is 29.2 Å². The highest BCUT2D eigenvalue weighted by molar-refractivity contribution is 5.91. The lowest BCUT2D eigenvalue weighted by molar-refractivity contribution is -0.274. The lowest BCUT2D eigenvalue weighted by Crippen LogP contribution is -2.35. The fourth-order valence-electron chi connectivity index (χ4n) is 3.81. The monoisotopic (exact) mass is 426 g/mol. The van der Waals surface area contributed by atoms with E-state index in [9.17, 15) is 27.5 Å². The largest absolute Gasteiger partial charge is 0.573 e. The summed E-state index contributed by atoms with van der Waals surface area (Å²) in [6.07, 6.45) is -4.67. The van der Waals surface area contributed by atoms with Gasteiger partial charge in [0, 0.05) is 36.6 Å². The summed E-state index contributed by atoms with van der Waals surface area (Å²) in [5.41, 5.74) is 1.86. The molecule has 2 aromatic rings. The van der Waals surface area contributed by atoms with Gasteiger partial charge in [0.1, 0.15) is 17.3 Å². The molecule has 4 rings (SSSR count). The van der Waals surface area contributed by atoms with Crippen molar-refractivity contribution in [3.63, 3.8) is 0 Å². The second-order valence-corrected chi connectivity index (χ2v) is 7.15. The summed E-state index contributed by atoms with van der Waals surface area (Å²) in [4.78, 5) is 12.5. The number of halogens is 4. The molecule has 30 heavy (non-hydrogen) atoms. The summed E-state index contributed by atoms with van der Waals surface area (Å²) in [5.74, 6) is -0.645. The van der Waals surface area contributed by atoms with Gasteiger partial charge in [-0.2, -0.15) is 0 Å². The van der Waals surface area contributed by atoms with E-state index in [0.717, 1.165) is 12.1 Å². The Morgan fingerprint density at radius 1 is 1.17 bits per heavy atom. The first-order valence-electron chi connectivity index (χ1n) is 9.28. The summed E-state index contributed by atoms with van der Waals surface area (Å²) in [6, 6.07) is 5.31. The molecule has 6 nitrogen and oxygen atoms in total. The number of fused-ring (bicyclic) bond motifs is 2. The van der Waals surface area contributed by atoms with Crippen molar-refractivity contribution in [3.8, 4) is 11.5 Å². The number of amides is 2. The molecular formula is C20H18F4N2O4. The summed E-state index contributed by atoms with van der Waals surface area (Å²) < 4.78 is 60.4. The maximum absolute atomic E-state index is 13.9. The standard InChI is InChI=1S/C20H18F4N2O4/c21-15-3-4-16(14-8-10(27)7-13(14)15)25-19(28)26-17-5-6-29-18-9-11(1-2-12(17)18)30-20(22,23)24/h1-4,9-10,17,27H,5-8H2,(H2,25,26,28)/t10-,17-/m1/s1. The van der Waals surface area contributed by atoms with Gasteiger partial charge in [-0.1, -0.05) is 0 Å². The van der Waals surface area contributed by atoms with E-state index in [0.29, 0.717) is 28.8 Å². The molecule has 0 radical (unpaired) electrons. The molecule has 0 spiro atoms. The van der Waals surface area contributed by atoms with Gasteiger partial charge >= 0.3 is 12.4 Å². The van der Waals surface area contributed by atoms with Crippen molar-refractivity contribution in [3.05, 3.63) is 52.8 Å². The molecule has 1 aliphatic carbocycles. The van der Waals surface area contributed by atoms with Crippen molar-refractivity contribution < 1.29 is 36.9 Å². The van der Waals surface area contributed by atoms with E-state index in [4.69, 9.17) is 4.74 Å². The molecule has 1 aliphatic heterocycles. The number of ether oxygens (including phenoxy) is 2. The normalized spacial score (nSPS) is 20.0. The van der Waals surface area contributed by atoms with Crippen LogP contribution in [0, 0.1) is 5.82 Å². The zero-order valence-electron chi connectivity index (χ0n) is 15.6. The number of carbonyl (C=O) groups excluding carboxylic acids is 1. The summed E-state index contributed by atoms with van der Waals surface area (Å²) in [5, 5.41) is 15.2. The van der Waals surface area contributed by atoms with Crippen LogP contribution in [-0.2, 0) is 12.8 Å². The Balaban J connectivity index is 1.48. The number of rotatable bonds is 3. The predicted octanol–water partition coefficient (Wildman–Crippen LogP) is 3.83. The van der Waals surface area contributed by atoms with Crippen molar-refractivity contribution in [1.82, 2.24) is 5.32 Å². The first-order valence-corrected chi connectivity index (χ1v) is 9.28. The highest BCUT2D eigenvalue weighted by Crippen LogP contribution is 2.37. The molecule has 10 heteroatoms. The van der Waals surface area contributed by atoms with Crippen LogP contribution in [0.5, 0.6) is 11.5 Å². The molecule has 2 atom stereocenters. The Hall–Kier alpha value is -3.01. The molecular weight excluding hydrogens is 408 g/mol. The lowest BCUT2D eigenvalue weighted by Gasteiger charge is -2.27. The summed E-state index contributed by atoms with van der Waals surface area (Å²) in [7, 11) is 0. The summed E-state index contributed by atoms with van der Waals surface area (Å²) >= 11 is 0. The maximum atomic E-state index is 13.9. The van der Waals surface area contributed by atoms with Crippen molar-refractivity contribution in [2.75, 3.05) is 11.9 Å². The van der Waals surface area contributed by atoms with Crippen LogP contribution in [0.15, 0.2) is 30.3 Å². The third-order valence-electron chi connectivity index (χ3n) is 5.07. The third-order valence-corrected chi connectivity index (χ3v) is 5.07. The number of anilines is 1. The average Bonchev–Trinajstić information content (AvgIpc) is 3.05. The van der Waals surface area contributed by atoms with E-state index in [2.05, 4.69) is 15.4 Å². The number of carbonyl (C=O) groups is 1. The van der Waals surface area contributed by atoms with Gasteiger partial charge in [-0.15, -0.1) is 13.2 Å². The van der Waals surface area contributed by atoms with Crippen LogP contribution in [0.25, 0.3) is 0 Å². The minimum absolute atomic E-state index is 0.188.